The van der Waals surface area contributed by atoms with Crippen LogP contribution >= 0.6 is 24.0 Å². The maximum atomic E-state index is 12.0. The summed E-state index contributed by atoms with van der Waals surface area (Å²) in [6.07, 6.45) is 0.774. The molecular formula is C18H29IN4O3S. The summed E-state index contributed by atoms with van der Waals surface area (Å²) in [4.78, 5) is 18.2. The van der Waals surface area contributed by atoms with Gasteiger partial charge in [-0.2, -0.15) is 0 Å². The van der Waals surface area contributed by atoms with E-state index in [0.717, 1.165) is 6.54 Å². The highest BCUT2D eigenvalue weighted by atomic mass is 127. The fraction of sp³-hybridized carbons (Fsp3) is 0.556. The molecule has 0 bridgehead atoms. The smallest absolute Gasteiger partial charge is 0.222 e. The molecule has 1 amide bonds. The van der Waals surface area contributed by atoms with E-state index < -0.39 is 9.84 Å². The van der Waals surface area contributed by atoms with Crippen molar-refractivity contribution in [1.29, 1.82) is 0 Å². The standard InChI is InChI=1S/C18H28N4O3S.HI/c1-14-6-4-5-7-15(14)12-22(3)18(19-2)20-10-8-17(23)21-16-9-11-26(24,25)13-16;/h4-7,16H,8-13H2,1-3H3,(H,19,20)(H,21,23);1H. The molecule has 1 fully saturated rings. The van der Waals surface area contributed by atoms with E-state index in [-0.39, 0.29) is 53.9 Å². The monoisotopic (exact) mass is 508 g/mol. The van der Waals surface area contributed by atoms with Gasteiger partial charge in [0, 0.05) is 39.6 Å². The summed E-state index contributed by atoms with van der Waals surface area (Å²) in [7, 11) is 0.678. The third-order valence-corrected chi connectivity index (χ3v) is 6.24. The van der Waals surface area contributed by atoms with Crippen molar-refractivity contribution >= 4 is 45.7 Å². The van der Waals surface area contributed by atoms with Crippen molar-refractivity contribution in [2.75, 3.05) is 32.1 Å². The van der Waals surface area contributed by atoms with Gasteiger partial charge in [0.2, 0.25) is 5.91 Å². The summed E-state index contributed by atoms with van der Waals surface area (Å²) in [5.74, 6) is 0.778. The van der Waals surface area contributed by atoms with Gasteiger partial charge in [-0.3, -0.25) is 9.79 Å². The van der Waals surface area contributed by atoms with Crippen LogP contribution in [0.1, 0.15) is 24.0 Å². The number of carbonyl (C=O) groups excluding carboxylic acids is 1. The maximum Gasteiger partial charge on any atom is 0.222 e. The first-order valence-electron chi connectivity index (χ1n) is 8.77. The van der Waals surface area contributed by atoms with Gasteiger partial charge in [-0.25, -0.2) is 8.42 Å². The Morgan fingerprint density at radius 3 is 2.63 bits per heavy atom. The Morgan fingerprint density at radius 1 is 1.33 bits per heavy atom. The number of benzene rings is 1. The Hall–Kier alpha value is -1.36. The fourth-order valence-corrected chi connectivity index (χ4v) is 4.67. The highest BCUT2D eigenvalue weighted by Gasteiger charge is 2.28. The van der Waals surface area contributed by atoms with E-state index in [2.05, 4.69) is 34.7 Å². The summed E-state index contributed by atoms with van der Waals surface area (Å²) in [5.41, 5.74) is 2.44. The minimum atomic E-state index is -2.98. The number of aliphatic imine (C=N–C) groups is 1. The van der Waals surface area contributed by atoms with Crippen molar-refractivity contribution in [3.8, 4) is 0 Å². The maximum absolute atomic E-state index is 12.0. The summed E-state index contributed by atoms with van der Waals surface area (Å²) in [5, 5.41) is 5.97. The normalized spacial score (nSPS) is 18.5. The second kappa shape index (κ2) is 10.8. The highest BCUT2D eigenvalue weighted by molar-refractivity contribution is 14.0. The van der Waals surface area contributed by atoms with Gasteiger partial charge in [-0.05, 0) is 24.5 Å². The zero-order chi connectivity index (χ0) is 19.2. The predicted octanol–water partition coefficient (Wildman–Crippen LogP) is 1.31. The van der Waals surface area contributed by atoms with Crippen molar-refractivity contribution in [3.63, 3.8) is 0 Å². The third-order valence-electron chi connectivity index (χ3n) is 4.47. The van der Waals surface area contributed by atoms with Crippen molar-refractivity contribution in [2.45, 2.75) is 32.4 Å². The highest BCUT2D eigenvalue weighted by Crippen LogP contribution is 2.11. The number of guanidine groups is 1. The first-order valence-corrected chi connectivity index (χ1v) is 10.6. The number of rotatable bonds is 6. The molecule has 9 heteroatoms. The van der Waals surface area contributed by atoms with Crippen molar-refractivity contribution in [1.82, 2.24) is 15.5 Å². The van der Waals surface area contributed by atoms with Gasteiger partial charge < -0.3 is 15.5 Å². The molecule has 1 unspecified atom stereocenters. The number of nitrogens with one attached hydrogen (secondary N) is 2. The van der Waals surface area contributed by atoms with Crippen LogP contribution < -0.4 is 10.6 Å². The fourth-order valence-electron chi connectivity index (χ4n) is 3.00. The van der Waals surface area contributed by atoms with E-state index >= 15 is 0 Å². The van der Waals surface area contributed by atoms with Crippen LogP contribution in [0.15, 0.2) is 29.3 Å². The van der Waals surface area contributed by atoms with Gasteiger partial charge in [0.15, 0.2) is 15.8 Å². The zero-order valence-corrected chi connectivity index (χ0v) is 19.2. The lowest BCUT2D eigenvalue weighted by Gasteiger charge is -2.23. The van der Waals surface area contributed by atoms with Crippen LogP contribution in [0.25, 0.3) is 0 Å². The minimum absolute atomic E-state index is 0. The molecular weight excluding hydrogens is 479 g/mol. The van der Waals surface area contributed by atoms with Gasteiger partial charge in [-0.15, -0.1) is 24.0 Å². The van der Waals surface area contributed by atoms with E-state index in [1.807, 2.05) is 24.1 Å². The largest absolute Gasteiger partial charge is 0.356 e. The second-order valence-electron chi connectivity index (χ2n) is 6.67. The van der Waals surface area contributed by atoms with Crippen LogP contribution in [0.5, 0.6) is 0 Å². The molecule has 1 aliphatic heterocycles. The quantitative estimate of drug-likeness (QED) is 0.344. The van der Waals surface area contributed by atoms with Gasteiger partial charge in [0.1, 0.15) is 0 Å². The zero-order valence-electron chi connectivity index (χ0n) is 16.1. The molecule has 0 saturated carbocycles. The van der Waals surface area contributed by atoms with Gasteiger partial charge in [-0.1, -0.05) is 24.3 Å². The first kappa shape index (κ1) is 23.7. The number of halogens is 1. The molecule has 7 nitrogen and oxygen atoms in total. The molecule has 0 spiro atoms. The summed E-state index contributed by atoms with van der Waals surface area (Å²) in [6.45, 7) is 3.24. The Balaban J connectivity index is 0.00000364. The second-order valence-corrected chi connectivity index (χ2v) is 8.90. The Morgan fingerprint density at radius 2 is 2.04 bits per heavy atom. The van der Waals surface area contributed by atoms with E-state index in [1.54, 1.807) is 7.05 Å². The molecule has 152 valence electrons. The topological polar surface area (TPSA) is 90.9 Å². The number of aryl methyl sites for hydroxylation is 1. The van der Waals surface area contributed by atoms with Gasteiger partial charge in [0.25, 0.3) is 0 Å². The number of carbonyl (C=O) groups is 1. The molecule has 0 aromatic heterocycles. The molecule has 27 heavy (non-hydrogen) atoms. The lowest BCUT2D eigenvalue weighted by molar-refractivity contribution is -0.121. The van der Waals surface area contributed by atoms with Crippen molar-refractivity contribution in [2.24, 2.45) is 4.99 Å². The number of nitrogens with zero attached hydrogens (tertiary/aromatic N) is 2. The van der Waals surface area contributed by atoms with Crippen molar-refractivity contribution < 1.29 is 13.2 Å². The van der Waals surface area contributed by atoms with E-state index in [1.165, 1.54) is 11.1 Å². The van der Waals surface area contributed by atoms with Gasteiger partial charge >= 0.3 is 0 Å². The van der Waals surface area contributed by atoms with Crippen LogP contribution in [0, 0.1) is 6.92 Å². The molecule has 1 aromatic rings. The van der Waals surface area contributed by atoms with Crippen LogP contribution in [-0.2, 0) is 21.2 Å². The predicted molar refractivity (Wildman–Crippen MR) is 119 cm³/mol. The number of hydrogen-bond acceptors (Lipinski definition) is 4. The van der Waals surface area contributed by atoms with E-state index in [9.17, 15) is 13.2 Å². The minimum Gasteiger partial charge on any atom is -0.356 e. The SMILES string of the molecule is CN=C(NCCC(=O)NC1CCS(=O)(=O)C1)N(C)Cc1ccccc1C.I. The number of amides is 1. The third kappa shape index (κ3) is 7.65. The molecule has 1 heterocycles. The lowest BCUT2D eigenvalue weighted by Crippen LogP contribution is -2.41. The van der Waals surface area contributed by atoms with E-state index in [4.69, 9.17) is 0 Å². The molecule has 1 atom stereocenters. The molecule has 2 rings (SSSR count). The summed E-state index contributed by atoms with van der Waals surface area (Å²) < 4.78 is 22.9. The first-order chi connectivity index (χ1) is 12.3. The molecule has 0 radical (unpaired) electrons. The number of hydrogen-bond donors (Lipinski definition) is 2. The molecule has 1 aliphatic rings. The van der Waals surface area contributed by atoms with Crippen LogP contribution in [0.3, 0.4) is 0 Å². The molecule has 1 aromatic carbocycles. The molecule has 2 N–H and O–H groups in total. The Labute approximate surface area is 178 Å². The lowest BCUT2D eigenvalue weighted by atomic mass is 10.1. The average Bonchev–Trinajstić information content (AvgIpc) is 2.92. The van der Waals surface area contributed by atoms with Crippen LogP contribution in [0.2, 0.25) is 0 Å². The van der Waals surface area contributed by atoms with Gasteiger partial charge in [0.05, 0.1) is 11.5 Å². The Kier molecular flexibility index (Phi) is 9.51. The summed E-state index contributed by atoms with van der Waals surface area (Å²) >= 11 is 0. The average molecular weight is 508 g/mol. The summed E-state index contributed by atoms with van der Waals surface area (Å²) in [6, 6.07) is 7.94. The Bertz CT molecular complexity index is 768. The van der Waals surface area contributed by atoms with E-state index in [0.29, 0.717) is 18.9 Å². The van der Waals surface area contributed by atoms with Crippen LogP contribution in [0.4, 0.5) is 0 Å². The van der Waals surface area contributed by atoms with Crippen LogP contribution in [-0.4, -0.2) is 63.4 Å². The molecule has 1 saturated heterocycles. The van der Waals surface area contributed by atoms with Crippen molar-refractivity contribution in [3.05, 3.63) is 35.4 Å². The molecule has 0 aliphatic carbocycles. The number of sulfone groups is 1.